The summed E-state index contributed by atoms with van der Waals surface area (Å²) in [4.78, 5) is 54.2. The van der Waals surface area contributed by atoms with E-state index >= 15 is 0 Å². The first kappa shape index (κ1) is 30.2. The van der Waals surface area contributed by atoms with Gasteiger partial charge in [0.15, 0.2) is 16.8 Å². The summed E-state index contributed by atoms with van der Waals surface area (Å²) >= 11 is 0. The van der Waals surface area contributed by atoms with Crippen LogP contribution in [0.2, 0.25) is 0 Å². The Morgan fingerprint density at radius 2 is 1.23 bits per heavy atom. The van der Waals surface area contributed by atoms with Gasteiger partial charge in [-0.05, 0) is 67.9 Å². The summed E-state index contributed by atoms with van der Waals surface area (Å²) in [6.07, 6.45) is 0. The molecule has 6 nitrogen and oxygen atoms in total. The summed E-state index contributed by atoms with van der Waals surface area (Å²) in [7, 11) is -2.55. The molecule has 0 spiro atoms. The third-order valence-electron chi connectivity index (χ3n) is 8.92. The second kappa shape index (κ2) is 11.7. The Labute approximate surface area is 272 Å². The predicted octanol–water partition coefficient (Wildman–Crippen LogP) is 6.86. The maximum absolute atomic E-state index is 14.3. The lowest BCUT2D eigenvalue weighted by Crippen LogP contribution is -2.34. The highest BCUT2D eigenvalue weighted by Crippen LogP contribution is 2.66. The van der Waals surface area contributed by atoms with Gasteiger partial charge in [0.2, 0.25) is 5.78 Å². The minimum Gasteiger partial charge on any atom is -0.456 e. The van der Waals surface area contributed by atoms with Crippen LogP contribution >= 0.6 is 7.26 Å². The molecule has 47 heavy (non-hydrogen) atoms. The molecule has 1 aromatic heterocycles. The lowest BCUT2D eigenvalue weighted by molar-refractivity contribution is -0.131. The van der Waals surface area contributed by atoms with E-state index in [9.17, 15) is 19.2 Å². The average molecular weight is 638 g/mol. The van der Waals surface area contributed by atoms with Crippen molar-refractivity contribution in [3.05, 3.63) is 165 Å². The molecular weight excluding hydrogens is 607 g/mol. The van der Waals surface area contributed by atoms with Gasteiger partial charge in [0.1, 0.15) is 40.3 Å². The van der Waals surface area contributed by atoms with Gasteiger partial charge in [-0.1, -0.05) is 66.7 Å². The molecule has 0 N–H and O–H groups in total. The molecule has 1 unspecified atom stereocenters. The van der Waals surface area contributed by atoms with Crippen LogP contribution in [0.25, 0.3) is 11.0 Å². The normalized spacial score (nSPS) is 13.2. The van der Waals surface area contributed by atoms with Crippen LogP contribution in [0.3, 0.4) is 0 Å². The Bertz CT molecular complexity index is 2180. The Balaban J connectivity index is 1.53. The fourth-order valence-electron chi connectivity index (χ4n) is 6.92. The monoisotopic (exact) mass is 637 g/mol. The van der Waals surface area contributed by atoms with Crippen molar-refractivity contribution in [3.8, 4) is 5.75 Å². The van der Waals surface area contributed by atoms with Gasteiger partial charge in [-0.25, -0.2) is 0 Å². The highest BCUT2D eigenvalue weighted by molar-refractivity contribution is 7.95. The summed E-state index contributed by atoms with van der Waals surface area (Å²) < 4.78 is 12.1. The van der Waals surface area contributed by atoms with Crippen LogP contribution in [0.1, 0.15) is 62.7 Å². The molecule has 0 aliphatic heterocycles. The van der Waals surface area contributed by atoms with Crippen molar-refractivity contribution in [2.24, 2.45) is 0 Å². The number of rotatable bonds is 6. The van der Waals surface area contributed by atoms with Crippen molar-refractivity contribution in [1.29, 1.82) is 0 Å². The lowest BCUT2D eigenvalue weighted by atomic mass is 9.81. The number of fused-ring (bicyclic) bond motifs is 4. The Hall–Kier alpha value is -5.45. The van der Waals surface area contributed by atoms with Gasteiger partial charge in [-0.15, -0.1) is 0 Å². The Morgan fingerprint density at radius 1 is 0.681 bits per heavy atom. The molecule has 5 aromatic carbocycles. The van der Waals surface area contributed by atoms with Crippen LogP contribution < -0.4 is 26.1 Å². The number of ether oxygens (including phenoxy) is 1. The zero-order chi connectivity index (χ0) is 32.9. The van der Waals surface area contributed by atoms with Gasteiger partial charge in [0.05, 0.1) is 16.5 Å². The smallest absolute Gasteiger partial charge is 0.308 e. The van der Waals surface area contributed by atoms with E-state index in [0.717, 1.165) is 15.9 Å². The van der Waals surface area contributed by atoms with Gasteiger partial charge in [-0.3, -0.25) is 19.2 Å². The van der Waals surface area contributed by atoms with E-state index in [1.54, 1.807) is 19.1 Å². The molecule has 0 saturated carbocycles. The predicted molar refractivity (Wildman–Crippen MR) is 185 cm³/mol. The first-order valence-electron chi connectivity index (χ1n) is 15.3. The van der Waals surface area contributed by atoms with Crippen LogP contribution in [-0.4, -0.2) is 17.5 Å². The molecule has 0 fully saturated rings. The molecule has 1 aliphatic rings. The lowest BCUT2D eigenvalue weighted by Gasteiger charge is -2.32. The molecule has 6 aromatic rings. The summed E-state index contributed by atoms with van der Waals surface area (Å²) in [5, 5.41) is 3.54. The van der Waals surface area contributed by atoms with E-state index in [0.29, 0.717) is 11.3 Å². The highest BCUT2D eigenvalue weighted by atomic mass is 31.2. The van der Waals surface area contributed by atoms with Gasteiger partial charge < -0.3 is 9.15 Å². The zero-order valence-electron chi connectivity index (χ0n) is 26.0. The number of carbonyl (C=O) groups is 3. The second-order valence-electron chi connectivity index (χ2n) is 11.7. The van der Waals surface area contributed by atoms with Crippen molar-refractivity contribution >= 4 is 51.7 Å². The van der Waals surface area contributed by atoms with Crippen molar-refractivity contribution < 1.29 is 23.5 Å². The average Bonchev–Trinajstić information content (AvgIpc) is 3.08. The molecule has 7 heteroatoms. The van der Waals surface area contributed by atoms with Gasteiger partial charge in [0, 0.05) is 24.1 Å². The fraction of sp³-hybridized carbons (Fsp3) is 0.100. The summed E-state index contributed by atoms with van der Waals surface area (Å²) in [6, 6.07) is 38.4. The van der Waals surface area contributed by atoms with Crippen LogP contribution in [0.5, 0.6) is 5.75 Å². The minimum atomic E-state index is -2.55. The second-order valence-corrected chi connectivity index (χ2v) is 15.4. The summed E-state index contributed by atoms with van der Waals surface area (Å²) in [5.74, 6) is -1.18. The molecule has 0 amide bonds. The number of benzene rings is 5. The van der Waals surface area contributed by atoms with E-state index < -0.39 is 24.8 Å². The highest BCUT2D eigenvalue weighted by Gasteiger charge is 2.52. The number of hydrogen-bond acceptors (Lipinski definition) is 6. The number of hydrogen-bond donors (Lipinski definition) is 0. The Morgan fingerprint density at radius 3 is 1.77 bits per heavy atom. The third kappa shape index (κ3) is 4.76. The number of esters is 1. The largest absolute Gasteiger partial charge is 0.456 e. The first-order valence-corrected chi connectivity index (χ1v) is 17.2. The van der Waals surface area contributed by atoms with Crippen molar-refractivity contribution in [2.75, 3.05) is 0 Å². The minimum absolute atomic E-state index is 0.00285. The van der Waals surface area contributed by atoms with E-state index in [-0.39, 0.29) is 50.1 Å². The van der Waals surface area contributed by atoms with Crippen molar-refractivity contribution in [2.45, 2.75) is 26.4 Å². The van der Waals surface area contributed by atoms with Crippen LogP contribution in [0, 0.1) is 6.92 Å². The topological polar surface area (TPSA) is 90.7 Å². The zero-order valence-corrected chi connectivity index (χ0v) is 26.9. The molecule has 0 bridgehead atoms. The summed E-state index contributed by atoms with van der Waals surface area (Å²) in [6.45, 7) is 5.03. The van der Waals surface area contributed by atoms with Gasteiger partial charge in [-0.2, -0.15) is 0 Å². The van der Waals surface area contributed by atoms with E-state index in [2.05, 4.69) is 43.3 Å². The molecule has 1 heterocycles. The number of aryl methyl sites for hydroxylation is 1. The van der Waals surface area contributed by atoms with Crippen LogP contribution in [0.15, 0.2) is 131 Å². The molecule has 7 rings (SSSR count). The van der Waals surface area contributed by atoms with Crippen molar-refractivity contribution in [3.63, 3.8) is 0 Å². The molecule has 0 saturated heterocycles. The van der Waals surface area contributed by atoms with Crippen molar-refractivity contribution in [1.82, 2.24) is 0 Å². The fourth-order valence-corrected chi connectivity index (χ4v) is 11.6. The maximum atomic E-state index is 14.3. The SMILES string of the molecule is CC(=O)Oc1cccc2c1C(=O)c1c(cc(C)c3c(=O)cc(C(C)[P+](c4ccccc4)(c4ccccc4)c4ccccc4)oc13)C2=O. The maximum Gasteiger partial charge on any atom is 0.308 e. The quantitative estimate of drug-likeness (QED) is 0.113. The third-order valence-corrected chi connectivity index (χ3v) is 13.7. The molecule has 230 valence electrons. The van der Waals surface area contributed by atoms with Gasteiger partial charge >= 0.3 is 5.97 Å². The Kier molecular flexibility index (Phi) is 7.54. The number of carbonyl (C=O) groups excluding carboxylic acids is 3. The van der Waals surface area contributed by atoms with Crippen LogP contribution in [-0.2, 0) is 4.79 Å². The molecular formula is C40H30O6P+. The van der Waals surface area contributed by atoms with E-state index in [1.165, 1.54) is 25.1 Å². The standard InChI is InChI=1S/C40H30O6P/c1-24-22-31-37(39(44)36-30(38(31)43)20-13-21-33(36)45-26(3)41)40-35(24)32(42)23-34(46-40)25(2)47(27-14-7-4-8-15-27,28-16-9-5-10-17-28)29-18-11-6-12-19-29/h4-23,25H,1-3H3/q+1. The molecule has 1 aliphatic carbocycles. The van der Waals surface area contributed by atoms with E-state index in [4.69, 9.17) is 9.15 Å². The molecule has 0 radical (unpaired) electrons. The number of ketones is 2. The van der Waals surface area contributed by atoms with Gasteiger partial charge in [0.25, 0.3) is 0 Å². The van der Waals surface area contributed by atoms with Crippen LogP contribution in [0.4, 0.5) is 0 Å². The summed E-state index contributed by atoms with van der Waals surface area (Å²) in [5.41, 5.74) is 0.181. The molecule has 1 atom stereocenters. The van der Waals surface area contributed by atoms with E-state index in [1.807, 2.05) is 54.6 Å². The first-order chi connectivity index (χ1) is 22.7.